The van der Waals surface area contributed by atoms with Crippen molar-refractivity contribution < 1.29 is 4.79 Å². The van der Waals surface area contributed by atoms with Crippen LogP contribution in [-0.4, -0.2) is 5.78 Å². The van der Waals surface area contributed by atoms with Crippen LogP contribution in [-0.2, 0) is 4.79 Å². The molecular weight excluding hydrogens is 136 g/mol. The van der Waals surface area contributed by atoms with Gasteiger partial charge in [0.15, 0.2) is 0 Å². The molecule has 0 aromatic rings. The summed E-state index contributed by atoms with van der Waals surface area (Å²) in [6.45, 7) is 4.28. The lowest BCUT2D eigenvalue weighted by molar-refractivity contribution is -0.121. The lowest BCUT2D eigenvalue weighted by atomic mass is 10.00. The minimum Gasteiger partial charge on any atom is -0.299 e. The summed E-state index contributed by atoms with van der Waals surface area (Å²) in [4.78, 5) is 11.3. The average molecular weight is 150 g/mol. The van der Waals surface area contributed by atoms with Gasteiger partial charge in [-0.15, -0.1) is 0 Å². The molecule has 2 aliphatic carbocycles. The van der Waals surface area contributed by atoms with E-state index >= 15 is 0 Å². The zero-order chi connectivity index (χ0) is 8.01. The Morgan fingerprint density at radius 3 is 2.36 bits per heavy atom. The Kier molecular flexibility index (Phi) is 1.41. The molecule has 2 saturated carbocycles. The molecule has 1 heteroatoms. The van der Waals surface area contributed by atoms with Gasteiger partial charge in [0.2, 0.25) is 0 Å². The monoisotopic (exact) mass is 150 g/mol. The third-order valence-electron chi connectivity index (χ3n) is 3.03. The van der Waals surface area contributed by atoms with Crippen LogP contribution in [0.4, 0.5) is 0 Å². The van der Waals surface area contributed by atoms with Crippen molar-refractivity contribution in [3.63, 3.8) is 0 Å². The molecule has 0 amide bonds. The number of carbonyl (C=O) groups excluding carboxylic acids is 1. The summed E-state index contributed by atoms with van der Waals surface area (Å²) in [7, 11) is 0. The fraction of sp³-hybridized carbons (Fsp3) is 0.700. The Morgan fingerprint density at radius 2 is 2.09 bits per heavy atom. The van der Waals surface area contributed by atoms with Crippen molar-refractivity contribution in [1.82, 2.24) is 0 Å². The van der Waals surface area contributed by atoms with Crippen LogP contribution in [0.2, 0.25) is 0 Å². The molecule has 0 aliphatic heterocycles. The first kappa shape index (κ1) is 7.08. The fourth-order valence-corrected chi connectivity index (χ4v) is 2.65. The zero-order valence-corrected chi connectivity index (χ0v) is 7.18. The first-order valence-corrected chi connectivity index (χ1v) is 4.40. The second kappa shape index (κ2) is 2.20. The SMILES string of the molecule is CC(C)=C1C2CCC1C(=O)C2. The molecule has 1 nitrogen and oxygen atoms in total. The van der Waals surface area contributed by atoms with Crippen molar-refractivity contribution >= 4 is 5.78 Å². The van der Waals surface area contributed by atoms with Crippen molar-refractivity contribution in [2.75, 3.05) is 0 Å². The van der Waals surface area contributed by atoms with Crippen LogP contribution in [0.3, 0.4) is 0 Å². The molecular formula is C10H14O. The van der Waals surface area contributed by atoms with Gasteiger partial charge in [-0.25, -0.2) is 0 Å². The largest absolute Gasteiger partial charge is 0.299 e. The van der Waals surface area contributed by atoms with Crippen LogP contribution in [0.5, 0.6) is 0 Å². The van der Waals surface area contributed by atoms with Crippen LogP contribution in [0.1, 0.15) is 33.1 Å². The van der Waals surface area contributed by atoms with E-state index in [1.54, 1.807) is 0 Å². The van der Waals surface area contributed by atoms with Gasteiger partial charge in [-0.05, 0) is 32.6 Å². The Balaban J connectivity index is 2.40. The van der Waals surface area contributed by atoms with Gasteiger partial charge in [-0.3, -0.25) is 4.79 Å². The number of hydrogen-bond acceptors (Lipinski definition) is 1. The quantitative estimate of drug-likeness (QED) is 0.484. The summed E-state index contributed by atoms with van der Waals surface area (Å²) in [5, 5.41) is 0. The fourth-order valence-electron chi connectivity index (χ4n) is 2.65. The molecule has 0 saturated heterocycles. The van der Waals surface area contributed by atoms with Gasteiger partial charge < -0.3 is 0 Å². The maximum absolute atomic E-state index is 11.3. The zero-order valence-electron chi connectivity index (χ0n) is 7.18. The number of Topliss-reactive ketones (excluding diaryl/α,β-unsaturated/α-hetero) is 1. The molecule has 0 aromatic carbocycles. The molecule has 0 spiro atoms. The van der Waals surface area contributed by atoms with Crippen molar-refractivity contribution in [2.45, 2.75) is 33.1 Å². The molecule has 0 radical (unpaired) electrons. The van der Waals surface area contributed by atoms with E-state index in [0.29, 0.717) is 17.6 Å². The molecule has 2 rings (SSSR count). The van der Waals surface area contributed by atoms with Gasteiger partial charge in [-0.2, -0.15) is 0 Å². The highest BCUT2D eigenvalue weighted by atomic mass is 16.1. The van der Waals surface area contributed by atoms with Gasteiger partial charge in [0.25, 0.3) is 0 Å². The van der Waals surface area contributed by atoms with E-state index in [2.05, 4.69) is 13.8 Å². The third kappa shape index (κ3) is 0.867. The average Bonchev–Trinajstić information content (AvgIpc) is 2.41. The van der Waals surface area contributed by atoms with Crippen molar-refractivity contribution in [3.05, 3.63) is 11.1 Å². The van der Waals surface area contributed by atoms with E-state index in [9.17, 15) is 4.79 Å². The predicted octanol–water partition coefficient (Wildman–Crippen LogP) is 2.32. The topological polar surface area (TPSA) is 17.1 Å². The Hall–Kier alpha value is -0.590. The lowest BCUT2D eigenvalue weighted by Crippen LogP contribution is -2.07. The lowest BCUT2D eigenvalue weighted by Gasteiger charge is -2.03. The summed E-state index contributed by atoms with van der Waals surface area (Å²) >= 11 is 0. The van der Waals surface area contributed by atoms with Gasteiger partial charge in [0, 0.05) is 12.3 Å². The molecule has 0 heterocycles. The molecule has 60 valence electrons. The maximum atomic E-state index is 11.3. The molecule has 0 N–H and O–H groups in total. The maximum Gasteiger partial charge on any atom is 0.140 e. The number of hydrogen-bond donors (Lipinski definition) is 0. The number of carbonyl (C=O) groups is 1. The smallest absolute Gasteiger partial charge is 0.140 e. The second-order valence-corrected chi connectivity index (χ2v) is 3.95. The van der Waals surface area contributed by atoms with Gasteiger partial charge in [0.1, 0.15) is 5.78 Å². The summed E-state index contributed by atoms with van der Waals surface area (Å²) in [6, 6.07) is 0. The highest BCUT2D eigenvalue weighted by molar-refractivity contribution is 5.89. The minimum atomic E-state index is 0.338. The number of fused-ring (bicyclic) bond motifs is 2. The third-order valence-corrected chi connectivity index (χ3v) is 3.03. The molecule has 0 aromatic heterocycles. The molecule has 2 atom stereocenters. The summed E-state index contributed by atoms with van der Waals surface area (Å²) in [5.41, 5.74) is 2.87. The van der Waals surface area contributed by atoms with Gasteiger partial charge >= 0.3 is 0 Å². The Bertz CT molecular complexity index is 233. The molecule has 2 bridgehead atoms. The van der Waals surface area contributed by atoms with E-state index in [4.69, 9.17) is 0 Å². The predicted molar refractivity (Wildman–Crippen MR) is 44.2 cm³/mol. The Labute approximate surface area is 67.5 Å². The summed E-state index contributed by atoms with van der Waals surface area (Å²) in [5.74, 6) is 1.47. The first-order chi connectivity index (χ1) is 5.20. The van der Waals surface area contributed by atoms with Gasteiger partial charge in [0.05, 0.1) is 0 Å². The van der Waals surface area contributed by atoms with Gasteiger partial charge in [-0.1, -0.05) is 11.1 Å². The van der Waals surface area contributed by atoms with E-state index in [1.807, 2.05) is 0 Å². The van der Waals surface area contributed by atoms with Crippen molar-refractivity contribution in [1.29, 1.82) is 0 Å². The number of ketones is 1. The van der Waals surface area contributed by atoms with E-state index in [-0.39, 0.29) is 0 Å². The second-order valence-electron chi connectivity index (χ2n) is 3.95. The molecule has 2 fully saturated rings. The molecule has 11 heavy (non-hydrogen) atoms. The van der Waals surface area contributed by atoms with E-state index in [0.717, 1.165) is 12.8 Å². The summed E-state index contributed by atoms with van der Waals surface area (Å²) in [6.07, 6.45) is 3.23. The highest BCUT2D eigenvalue weighted by Crippen LogP contribution is 2.47. The minimum absolute atomic E-state index is 0.338. The number of rotatable bonds is 0. The number of allylic oxidation sites excluding steroid dienone is 2. The first-order valence-electron chi connectivity index (χ1n) is 4.40. The molecule has 2 aliphatic rings. The van der Waals surface area contributed by atoms with Crippen LogP contribution in [0, 0.1) is 11.8 Å². The van der Waals surface area contributed by atoms with Crippen LogP contribution in [0.25, 0.3) is 0 Å². The molecule has 2 unspecified atom stereocenters. The van der Waals surface area contributed by atoms with Crippen molar-refractivity contribution in [3.8, 4) is 0 Å². The Morgan fingerprint density at radius 1 is 1.36 bits per heavy atom. The van der Waals surface area contributed by atoms with Crippen LogP contribution < -0.4 is 0 Å². The van der Waals surface area contributed by atoms with Crippen LogP contribution in [0.15, 0.2) is 11.1 Å². The normalized spacial score (nSPS) is 35.1. The standard InChI is InChI=1S/C10H14O/c1-6(2)10-7-3-4-8(10)9(11)5-7/h7-8H,3-5H2,1-2H3. The van der Waals surface area contributed by atoms with Crippen molar-refractivity contribution in [2.24, 2.45) is 11.8 Å². The van der Waals surface area contributed by atoms with E-state index < -0.39 is 0 Å². The van der Waals surface area contributed by atoms with Crippen LogP contribution >= 0.6 is 0 Å². The van der Waals surface area contributed by atoms with E-state index in [1.165, 1.54) is 17.6 Å². The summed E-state index contributed by atoms with van der Waals surface area (Å²) < 4.78 is 0. The highest BCUT2D eigenvalue weighted by Gasteiger charge is 2.43.